The Kier molecular flexibility index (Phi) is 6.26. The van der Waals surface area contributed by atoms with Crippen molar-refractivity contribution in [3.05, 3.63) is 107 Å². The van der Waals surface area contributed by atoms with Gasteiger partial charge in [-0.1, -0.05) is 12.1 Å². The molecule has 3 heterocycles. The molecule has 0 radical (unpaired) electrons. The number of nitrogens with one attached hydrogen (secondary N) is 1. The van der Waals surface area contributed by atoms with Crippen LogP contribution >= 0.6 is 12.2 Å². The van der Waals surface area contributed by atoms with E-state index in [2.05, 4.69) is 10.3 Å². The van der Waals surface area contributed by atoms with Crippen molar-refractivity contribution in [3.63, 3.8) is 0 Å². The molecule has 0 spiro atoms. The van der Waals surface area contributed by atoms with E-state index in [1.165, 1.54) is 6.07 Å². The summed E-state index contributed by atoms with van der Waals surface area (Å²) in [6.07, 6.45) is 3.63. The molecular formula is C26H23N5O4S. The van der Waals surface area contributed by atoms with Crippen LogP contribution < -0.4 is 19.7 Å². The first kappa shape index (κ1) is 23.3. The van der Waals surface area contributed by atoms with Gasteiger partial charge in [0.15, 0.2) is 5.11 Å². The third kappa shape index (κ3) is 4.11. The average molecular weight is 502 g/mol. The minimum atomic E-state index is -0.399. The van der Waals surface area contributed by atoms with Crippen LogP contribution in [0.1, 0.15) is 23.5 Å². The van der Waals surface area contributed by atoms with Crippen LogP contribution in [0, 0.1) is 10.1 Å². The molecular weight excluding hydrogens is 478 g/mol. The third-order valence-corrected chi connectivity index (χ3v) is 6.46. The van der Waals surface area contributed by atoms with Gasteiger partial charge >= 0.3 is 0 Å². The van der Waals surface area contributed by atoms with Crippen LogP contribution in [0.25, 0.3) is 5.69 Å². The number of hydrogen-bond donors (Lipinski definition) is 1. The zero-order chi connectivity index (χ0) is 25.2. The first-order chi connectivity index (χ1) is 17.5. The van der Waals surface area contributed by atoms with E-state index in [0.717, 1.165) is 17.1 Å². The number of nitrogens with zero attached hydrogens (tertiary/aromatic N) is 4. The Balaban J connectivity index is 1.69. The van der Waals surface area contributed by atoms with Gasteiger partial charge in [-0.05, 0) is 54.7 Å². The Morgan fingerprint density at radius 2 is 1.89 bits per heavy atom. The van der Waals surface area contributed by atoms with Crippen LogP contribution in [0.3, 0.4) is 0 Å². The number of pyridine rings is 1. The number of methoxy groups -OCH3 is 2. The number of anilines is 1. The highest BCUT2D eigenvalue weighted by Gasteiger charge is 2.43. The molecule has 10 heteroatoms. The minimum absolute atomic E-state index is 0.0159. The Morgan fingerprint density at radius 3 is 2.61 bits per heavy atom. The smallest absolute Gasteiger partial charge is 0.271 e. The van der Waals surface area contributed by atoms with Crippen LogP contribution in [-0.2, 0) is 0 Å². The van der Waals surface area contributed by atoms with Gasteiger partial charge < -0.3 is 24.3 Å². The Bertz CT molecular complexity index is 1420. The first-order valence-corrected chi connectivity index (χ1v) is 11.6. The summed E-state index contributed by atoms with van der Waals surface area (Å²) >= 11 is 5.84. The van der Waals surface area contributed by atoms with E-state index in [9.17, 15) is 10.1 Å². The molecule has 182 valence electrons. The Hall–Kier alpha value is -4.44. The zero-order valence-corrected chi connectivity index (χ0v) is 20.4. The number of ether oxygens (including phenoxy) is 2. The summed E-state index contributed by atoms with van der Waals surface area (Å²) < 4.78 is 13.0. The van der Waals surface area contributed by atoms with Gasteiger partial charge in [-0.25, -0.2) is 0 Å². The first-order valence-electron chi connectivity index (χ1n) is 11.2. The summed E-state index contributed by atoms with van der Waals surface area (Å²) in [6.45, 7) is 0. The monoisotopic (exact) mass is 501 g/mol. The van der Waals surface area contributed by atoms with Gasteiger partial charge in [0.25, 0.3) is 5.69 Å². The molecule has 1 aliphatic heterocycles. The van der Waals surface area contributed by atoms with E-state index in [1.807, 2.05) is 70.3 Å². The zero-order valence-electron chi connectivity index (χ0n) is 19.6. The summed E-state index contributed by atoms with van der Waals surface area (Å²) in [5.74, 6) is 1.25. The van der Waals surface area contributed by atoms with Gasteiger partial charge in [-0.2, -0.15) is 0 Å². The molecule has 0 bridgehead atoms. The van der Waals surface area contributed by atoms with Gasteiger partial charge in [-0.15, -0.1) is 0 Å². The van der Waals surface area contributed by atoms with Crippen LogP contribution in [0.2, 0.25) is 0 Å². The molecule has 0 saturated carbocycles. The van der Waals surface area contributed by atoms with E-state index >= 15 is 0 Å². The van der Waals surface area contributed by atoms with Crippen molar-refractivity contribution in [2.45, 2.75) is 12.1 Å². The molecule has 0 amide bonds. The van der Waals surface area contributed by atoms with Crippen molar-refractivity contribution in [1.29, 1.82) is 0 Å². The van der Waals surface area contributed by atoms with Gasteiger partial charge in [0.2, 0.25) is 0 Å². The summed E-state index contributed by atoms with van der Waals surface area (Å²) in [4.78, 5) is 17.6. The number of nitro groups is 1. The molecule has 1 fully saturated rings. The Labute approximate surface area is 213 Å². The van der Waals surface area contributed by atoms with Crippen molar-refractivity contribution in [3.8, 4) is 17.2 Å². The van der Waals surface area contributed by atoms with Crippen LogP contribution in [0.15, 0.2) is 85.2 Å². The van der Waals surface area contributed by atoms with Gasteiger partial charge in [0.1, 0.15) is 17.5 Å². The molecule has 0 aliphatic carbocycles. The molecule has 1 aliphatic rings. The van der Waals surface area contributed by atoms with E-state index in [0.29, 0.717) is 22.3 Å². The molecule has 0 unspecified atom stereocenters. The number of benzene rings is 2. The molecule has 2 aromatic carbocycles. The summed E-state index contributed by atoms with van der Waals surface area (Å²) in [6, 6.07) is 21.1. The lowest BCUT2D eigenvalue weighted by molar-refractivity contribution is -0.384. The standard InChI is InChI=1S/C26H23N5O4S/c1-34-19-11-12-21(23(16-19)35-2)30-25(24(28-26(30)36)20-9-3-4-13-27-20)22-10-6-14-29(22)17-7-5-8-18(15-17)31(32)33/h3-16,24-25H,1-2H3,(H,28,36)/t24-,25-/m1/s1. The molecule has 5 rings (SSSR count). The second-order valence-electron chi connectivity index (χ2n) is 8.11. The highest BCUT2D eigenvalue weighted by molar-refractivity contribution is 7.80. The third-order valence-electron chi connectivity index (χ3n) is 6.15. The topological polar surface area (TPSA) is 94.7 Å². The lowest BCUT2D eigenvalue weighted by Gasteiger charge is -2.30. The summed E-state index contributed by atoms with van der Waals surface area (Å²) in [5, 5.41) is 15.4. The fourth-order valence-corrected chi connectivity index (χ4v) is 4.86. The van der Waals surface area contributed by atoms with Crippen LogP contribution in [0.4, 0.5) is 11.4 Å². The van der Waals surface area contributed by atoms with E-state index in [4.69, 9.17) is 21.7 Å². The van der Waals surface area contributed by atoms with Gasteiger partial charge in [-0.3, -0.25) is 15.1 Å². The van der Waals surface area contributed by atoms with Crippen molar-refractivity contribution in [2.75, 3.05) is 19.1 Å². The highest BCUT2D eigenvalue weighted by atomic mass is 32.1. The predicted molar refractivity (Wildman–Crippen MR) is 140 cm³/mol. The number of nitro benzene ring substituents is 1. The SMILES string of the molecule is COc1ccc(N2C(=S)N[C@H](c3ccccn3)[C@H]2c2cccn2-c2cccc([N+](=O)[O-])c2)c(OC)c1. The van der Waals surface area contributed by atoms with Crippen LogP contribution in [-0.4, -0.2) is 33.8 Å². The maximum atomic E-state index is 11.4. The molecule has 4 aromatic rings. The molecule has 36 heavy (non-hydrogen) atoms. The molecule has 2 atom stereocenters. The molecule has 2 aromatic heterocycles. The lowest BCUT2D eigenvalue weighted by atomic mass is 10.0. The summed E-state index contributed by atoms with van der Waals surface area (Å²) in [5.41, 5.74) is 3.12. The van der Waals surface area contributed by atoms with Crippen molar-refractivity contribution in [2.24, 2.45) is 0 Å². The fraction of sp³-hybridized carbons (Fsp3) is 0.154. The van der Waals surface area contributed by atoms with Crippen molar-refractivity contribution < 1.29 is 14.4 Å². The quantitative estimate of drug-likeness (QED) is 0.215. The molecule has 9 nitrogen and oxygen atoms in total. The lowest BCUT2D eigenvalue weighted by Crippen LogP contribution is -2.30. The molecule has 1 N–H and O–H groups in total. The number of aromatic nitrogens is 2. The number of thiocarbonyl (C=S) groups is 1. The van der Waals surface area contributed by atoms with Crippen molar-refractivity contribution >= 4 is 28.7 Å². The van der Waals surface area contributed by atoms with Crippen molar-refractivity contribution in [1.82, 2.24) is 14.9 Å². The van der Waals surface area contributed by atoms with Gasteiger partial charge in [0.05, 0.1) is 42.3 Å². The number of non-ortho nitro benzene ring substituents is 1. The maximum absolute atomic E-state index is 11.4. The largest absolute Gasteiger partial charge is 0.497 e. The fourth-order valence-electron chi connectivity index (χ4n) is 4.53. The molecule has 1 saturated heterocycles. The van der Waals surface area contributed by atoms with E-state index in [-0.39, 0.29) is 17.8 Å². The second kappa shape index (κ2) is 9.67. The number of hydrogen-bond acceptors (Lipinski definition) is 6. The predicted octanol–water partition coefficient (Wildman–Crippen LogP) is 4.97. The second-order valence-corrected chi connectivity index (χ2v) is 8.50. The Morgan fingerprint density at radius 1 is 1.03 bits per heavy atom. The maximum Gasteiger partial charge on any atom is 0.271 e. The average Bonchev–Trinajstić information content (AvgIpc) is 3.53. The number of rotatable bonds is 7. The van der Waals surface area contributed by atoms with Crippen LogP contribution in [0.5, 0.6) is 11.5 Å². The normalized spacial score (nSPS) is 17.1. The highest BCUT2D eigenvalue weighted by Crippen LogP contribution is 2.45. The van der Waals surface area contributed by atoms with E-state index < -0.39 is 4.92 Å². The van der Waals surface area contributed by atoms with E-state index in [1.54, 1.807) is 32.5 Å². The summed E-state index contributed by atoms with van der Waals surface area (Å²) in [7, 11) is 3.20. The minimum Gasteiger partial charge on any atom is -0.497 e. The van der Waals surface area contributed by atoms with Gasteiger partial charge in [0, 0.05) is 36.3 Å².